The fourth-order valence-electron chi connectivity index (χ4n) is 5.22. The minimum atomic E-state index is -4.93. The normalized spacial score (nSPS) is 20.6. The number of amides is 3. The van der Waals surface area contributed by atoms with Crippen LogP contribution in [0.1, 0.15) is 62.9 Å². The van der Waals surface area contributed by atoms with Gasteiger partial charge in [0.15, 0.2) is 5.60 Å². The van der Waals surface area contributed by atoms with Crippen molar-refractivity contribution in [3.05, 3.63) is 23.3 Å². The molecule has 3 rings (SSSR count). The van der Waals surface area contributed by atoms with Crippen molar-refractivity contribution in [1.29, 1.82) is 0 Å². The maximum Gasteiger partial charge on any atom is 0.417 e. The number of methoxy groups -OCH3 is 1. The average molecular weight is 593 g/mol. The Morgan fingerprint density at radius 1 is 1.24 bits per heavy atom. The molecule has 1 saturated heterocycles. The van der Waals surface area contributed by atoms with Crippen LogP contribution in [0, 0.1) is 0 Å². The number of carbonyl (C=O) groups excluding carboxylic acids is 3. The summed E-state index contributed by atoms with van der Waals surface area (Å²) in [5.41, 5.74) is -3.60. The molecular weight excluding hydrogens is 555 g/mol. The molecule has 0 unspecified atom stereocenters. The number of halogens is 5. The van der Waals surface area contributed by atoms with E-state index < -0.39 is 59.6 Å². The molecule has 0 aromatic heterocycles. The number of carbonyl (C=O) groups is 3. The monoisotopic (exact) mass is 592 g/mol. The summed E-state index contributed by atoms with van der Waals surface area (Å²) in [4.78, 5) is 40.8. The Morgan fingerprint density at radius 2 is 1.93 bits per heavy atom. The van der Waals surface area contributed by atoms with E-state index >= 15 is 0 Å². The Balaban J connectivity index is 2.01. The van der Waals surface area contributed by atoms with E-state index in [1.165, 1.54) is 18.7 Å². The number of hydrogen-bond donors (Lipinski definition) is 2. The minimum absolute atomic E-state index is 0.123. The summed E-state index contributed by atoms with van der Waals surface area (Å²) in [6, 6.07) is 1.00. The SMILES string of the molecule is COCC[C@H]1CC[C@@H](N(C(=O)c2cc3c(cc2C(F)(F)F)OC(C)(C)C(=O)N3CCNC(=O)C(F)F)C(C)C)CN1. The van der Waals surface area contributed by atoms with E-state index in [1.54, 1.807) is 21.0 Å². The van der Waals surface area contributed by atoms with Gasteiger partial charge >= 0.3 is 12.6 Å². The molecule has 1 fully saturated rings. The van der Waals surface area contributed by atoms with E-state index in [0.717, 1.165) is 17.4 Å². The van der Waals surface area contributed by atoms with Crippen LogP contribution in [0.2, 0.25) is 0 Å². The highest BCUT2D eigenvalue weighted by Crippen LogP contribution is 2.44. The van der Waals surface area contributed by atoms with Gasteiger partial charge < -0.3 is 29.9 Å². The molecule has 14 heteroatoms. The zero-order valence-corrected chi connectivity index (χ0v) is 23.7. The molecule has 2 N–H and O–H groups in total. The van der Waals surface area contributed by atoms with Crippen LogP contribution in [0.4, 0.5) is 27.6 Å². The van der Waals surface area contributed by atoms with Crippen molar-refractivity contribution in [2.45, 2.75) is 83.3 Å². The lowest BCUT2D eigenvalue weighted by molar-refractivity contribution is -0.138. The Kier molecular flexibility index (Phi) is 10.2. The van der Waals surface area contributed by atoms with Gasteiger partial charge in [-0.25, -0.2) is 0 Å². The number of ether oxygens (including phenoxy) is 2. The van der Waals surface area contributed by atoms with Crippen molar-refractivity contribution in [1.82, 2.24) is 15.5 Å². The molecule has 230 valence electrons. The van der Waals surface area contributed by atoms with E-state index in [0.29, 0.717) is 32.1 Å². The standard InChI is InChI=1S/C27H37F5N4O5/c1-15(2)36(17-7-6-16(34-14-17)8-11-40-5)24(38)18-12-20-21(13-19(18)27(30,31)32)41-26(3,4)25(39)35(20)10-9-33-23(37)22(28)29/h12-13,15-17,22,34H,6-11,14H2,1-5H3,(H,33,37)/t16-,17-/m1/s1. The molecule has 2 aliphatic heterocycles. The molecule has 2 heterocycles. The summed E-state index contributed by atoms with van der Waals surface area (Å²) >= 11 is 0. The number of alkyl halides is 5. The summed E-state index contributed by atoms with van der Waals surface area (Å²) in [5.74, 6) is -3.38. The van der Waals surface area contributed by atoms with Gasteiger partial charge in [-0.15, -0.1) is 0 Å². The van der Waals surface area contributed by atoms with Crippen molar-refractivity contribution in [2.24, 2.45) is 0 Å². The topological polar surface area (TPSA) is 100 Å². The maximum absolute atomic E-state index is 14.3. The van der Waals surface area contributed by atoms with Gasteiger partial charge in [0.05, 0.1) is 16.8 Å². The Morgan fingerprint density at radius 3 is 2.46 bits per heavy atom. The number of nitrogens with zero attached hydrogens (tertiary/aromatic N) is 2. The van der Waals surface area contributed by atoms with E-state index in [-0.39, 0.29) is 30.1 Å². The number of hydrogen-bond acceptors (Lipinski definition) is 6. The molecule has 2 atom stereocenters. The highest BCUT2D eigenvalue weighted by atomic mass is 19.4. The molecule has 3 amide bonds. The molecule has 0 aliphatic carbocycles. The number of benzene rings is 1. The van der Waals surface area contributed by atoms with E-state index in [9.17, 15) is 36.3 Å². The van der Waals surface area contributed by atoms with Crippen LogP contribution in [0.5, 0.6) is 5.75 Å². The molecule has 1 aromatic rings. The van der Waals surface area contributed by atoms with Crippen molar-refractivity contribution >= 4 is 23.4 Å². The predicted octanol–water partition coefficient (Wildman–Crippen LogP) is 3.60. The lowest BCUT2D eigenvalue weighted by Gasteiger charge is -2.41. The molecule has 9 nitrogen and oxygen atoms in total. The first kappa shape index (κ1) is 32.5. The predicted molar refractivity (Wildman–Crippen MR) is 140 cm³/mol. The Bertz CT molecular complexity index is 1120. The van der Waals surface area contributed by atoms with Crippen LogP contribution >= 0.6 is 0 Å². The first-order valence-corrected chi connectivity index (χ1v) is 13.5. The van der Waals surface area contributed by atoms with Gasteiger partial charge in [0.1, 0.15) is 5.75 Å². The van der Waals surface area contributed by atoms with Gasteiger partial charge in [-0.2, -0.15) is 22.0 Å². The Hall–Kier alpha value is -3.00. The lowest BCUT2D eigenvalue weighted by atomic mass is 9.94. The largest absolute Gasteiger partial charge is 0.476 e. The van der Waals surface area contributed by atoms with Gasteiger partial charge in [0.2, 0.25) is 0 Å². The van der Waals surface area contributed by atoms with Crippen LogP contribution in [0.15, 0.2) is 12.1 Å². The average Bonchev–Trinajstić information content (AvgIpc) is 2.88. The second-order valence-corrected chi connectivity index (χ2v) is 10.9. The quantitative estimate of drug-likeness (QED) is 0.403. The number of fused-ring (bicyclic) bond motifs is 1. The zero-order chi connectivity index (χ0) is 30.7. The number of rotatable bonds is 10. The molecular formula is C27H37F5N4O5. The molecule has 0 radical (unpaired) electrons. The first-order chi connectivity index (χ1) is 19.1. The van der Waals surface area contributed by atoms with Gasteiger partial charge in [-0.05, 0) is 59.1 Å². The van der Waals surface area contributed by atoms with Crippen molar-refractivity contribution in [2.75, 3.05) is 38.3 Å². The fraction of sp³-hybridized carbons (Fsp3) is 0.667. The van der Waals surface area contributed by atoms with Gasteiger partial charge in [0.25, 0.3) is 17.7 Å². The third-order valence-electron chi connectivity index (χ3n) is 7.23. The summed E-state index contributed by atoms with van der Waals surface area (Å²) in [6.07, 6.45) is -6.16. The number of anilines is 1. The smallest absolute Gasteiger partial charge is 0.417 e. The van der Waals surface area contributed by atoms with Crippen LogP contribution in [0.25, 0.3) is 0 Å². The minimum Gasteiger partial charge on any atom is -0.476 e. The van der Waals surface area contributed by atoms with Gasteiger partial charge in [-0.3, -0.25) is 14.4 Å². The van der Waals surface area contributed by atoms with Gasteiger partial charge in [-0.1, -0.05) is 0 Å². The summed E-state index contributed by atoms with van der Waals surface area (Å²) < 4.78 is 79.0. The summed E-state index contributed by atoms with van der Waals surface area (Å²) in [6.45, 7) is 6.35. The van der Waals surface area contributed by atoms with Crippen LogP contribution in [-0.2, 0) is 20.5 Å². The third kappa shape index (κ3) is 7.45. The lowest BCUT2D eigenvalue weighted by Crippen LogP contribution is -2.55. The van der Waals surface area contributed by atoms with Crippen molar-refractivity contribution < 1.29 is 45.8 Å². The van der Waals surface area contributed by atoms with Crippen LogP contribution < -0.4 is 20.3 Å². The third-order valence-corrected chi connectivity index (χ3v) is 7.23. The molecule has 1 aromatic carbocycles. The van der Waals surface area contributed by atoms with Crippen molar-refractivity contribution in [3.63, 3.8) is 0 Å². The fourth-order valence-corrected chi connectivity index (χ4v) is 5.22. The second-order valence-electron chi connectivity index (χ2n) is 10.9. The second kappa shape index (κ2) is 12.9. The van der Waals surface area contributed by atoms with Crippen molar-refractivity contribution in [3.8, 4) is 5.75 Å². The molecule has 0 spiro atoms. The van der Waals surface area contributed by atoms with E-state index in [1.807, 2.05) is 5.32 Å². The molecule has 41 heavy (non-hydrogen) atoms. The maximum atomic E-state index is 14.3. The number of nitrogens with one attached hydrogen (secondary N) is 2. The summed E-state index contributed by atoms with van der Waals surface area (Å²) in [7, 11) is 1.60. The van der Waals surface area contributed by atoms with E-state index in [4.69, 9.17) is 9.47 Å². The van der Waals surface area contributed by atoms with Crippen LogP contribution in [0.3, 0.4) is 0 Å². The number of piperidine rings is 1. The highest BCUT2D eigenvalue weighted by molar-refractivity contribution is 6.05. The molecule has 2 aliphatic rings. The Labute approximate surface area is 235 Å². The zero-order valence-electron chi connectivity index (χ0n) is 23.7. The van der Waals surface area contributed by atoms with E-state index in [2.05, 4.69) is 5.32 Å². The molecule has 0 bridgehead atoms. The molecule has 0 saturated carbocycles. The summed E-state index contributed by atoms with van der Waals surface area (Å²) in [5, 5.41) is 5.33. The first-order valence-electron chi connectivity index (χ1n) is 13.5. The van der Waals surface area contributed by atoms with Crippen LogP contribution in [-0.4, -0.2) is 86.1 Å². The van der Waals surface area contributed by atoms with Gasteiger partial charge in [0, 0.05) is 51.5 Å². The highest BCUT2D eigenvalue weighted by Gasteiger charge is 2.45.